The van der Waals surface area contributed by atoms with E-state index in [0.717, 1.165) is 13.0 Å². The Hall–Kier alpha value is -1.35. The molecular formula is C14H20N2O. The lowest BCUT2D eigenvalue weighted by atomic mass is 10.1. The van der Waals surface area contributed by atoms with Crippen molar-refractivity contribution in [3.63, 3.8) is 0 Å². The van der Waals surface area contributed by atoms with E-state index in [9.17, 15) is 4.79 Å². The Labute approximate surface area is 103 Å². The summed E-state index contributed by atoms with van der Waals surface area (Å²) in [5.41, 5.74) is 1.18. The van der Waals surface area contributed by atoms with Crippen LogP contribution in [-0.2, 0) is 11.3 Å². The number of benzene rings is 1. The first-order chi connectivity index (χ1) is 8.25. The summed E-state index contributed by atoms with van der Waals surface area (Å²) in [6.07, 6.45) is 2.95. The molecule has 1 saturated heterocycles. The van der Waals surface area contributed by atoms with Crippen molar-refractivity contribution in [2.45, 2.75) is 31.8 Å². The van der Waals surface area contributed by atoms with E-state index in [1.54, 1.807) is 0 Å². The van der Waals surface area contributed by atoms with Crippen molar-refractivity contribution in [3.8, 4) is 0 Å². The van der Waals surface area contributed by atoms with E-state index >= 15 is 0 Å². The van der Waals surface area contributed by atoms with Gasteiger partial charge in [-0.2, -0.15) is 0 Å². The van der Waals surface area contributed by atoms with Gasteiger partial charge in [0.1, 0.15) is 0 Å². The van der Waals surface area contributed by atoms with Crippen molar-refractivity contribution in [2.75, 3.05) is 13.6 Å². The van der Waals surface area contributed by atoms with Crippen molar-refractivity contribution >= 4 is 5.91 Å². The third-order valence-corrected chi connectivity index (χ3v) is 3.27. The van der Waals surface area contributed by atoms with Gasteiger partial charge in [0.2, 0.25) is 5.91 Å². The fourth-order valence-corrected chi connectivity index (χ4v) is 2.24. The Balaban J connectivity index is 1.82. The standard InChI is InChI=1S/C14H20N2O/c1-16(11-12-6-3-2-4-7-12)14(17)10-13-8-5-9-15-13/h2-4,6-7,13,15H,5,8-11H2,1H3. The molecule has 0 saturated carbocycles. The average Bonchev–Trinajstić information content (AvgIpc) is 2.83. The van der Waals surface area contributed by atoms with Gasteiger partial charge < -0.3 is 10.2 Å². The molecule has 3 nitrogen and oxygen atoms in total. The highest BCUT2D eigenvalue weighted by Crippen LogP contribution is 2.11. The van der Waals surface area contributed by atoms with Crippen LogP contribution in [0.4, 0.5) is 0 Å². The summed E-state index contributed by atoms with van der Waals surface area (Å²) in [7, 11) is 1.88. The van der Waals surface area contributed by atoms with Crippen LogP contribution in [0.2, 0.25) is 0 Å². The van der Waals surface area contributed by atoms with Gasteiger partial charge in [-0.3, -0.25) is 4.79 Å². The highest BCUT2D eigenvalue weighted by molar-refractivity contribution is 5.76. The van der Waals surface area contributed by atoms with Gasteiger partial charge >= 0.3 is 0 Å². The average molecular weight is 232 g/mol. The van der Waals surface area contributed by atoms with Crippen LogP contribution < -0.4 is 5.32 Å². The second kappa shape index (κ2) is 5.82. The third-order valence-electron chi connectivity index (χ3n) is 3.27. The molecule has 0 aliphatic carbocycles. The van der Waals surface area contributed by atoms with Gasteiger partial charge in [-0.1, -0.05) is 30.3 Å². The molecule has 1 atom stereocenters. The Kier molecular flexibility index (Phi) is 4.15. The van der Waals surface area contributed by atoms with E-state index in [4.69, 9.17) is 0 Å². The number of hydrogen-bond donors (Lipinski definition) is 1. The molecule has 0 radical (unpaired) electrons. The van der Waals surface area contributed by atoms with Gasteiger partial charge in [0.15, 0.2) is 0 Å². The number of nitrogens with one attached hydrogen (secondary N) is 1. The zero-order valence-corrected chi connectivity index (χ0v) is 10.4. The molecule has 3 heteroatoms. The van der Waals surface area contributed by atoms with Crippen LogP contribution in [0.25, 0.3) is 0 Å². The molecular weight excluding hydrogens is 212 g/mol. The topological polar surface area (TPSA) is 32.3 Å². The molecule has 1 aromatic rings. The summed E-state index contributed by atoms with van der Waals surface area (Å²) in [6.45, 7) is 1.76. The third kappa shape index (κ3) is 3.56. The minimum atomic E-state index is 0.230. The number of carbonyl (C=O) groups is 1. The first kappa shape index (κ1) is 12.1. The molecule has 1 N–H and O–H groups in total. The van der Waals surface area contributed by atoms with Crippen LogP contribution >= 0.6 is 0 Å². The number of amides is 1. The SMILES string of the molecule is CN(Cc1ccccc1)C(=O)CC1CCCN1. The van der Waals surface area contributed by atoms with Crippen LogP contribution in [0.3, 0.4) is 0 Å². The van der Waals surface area contributed by atoms with Crippen LogP contribution in [0, 0.1) is 0 Å². The van der Waals surface area contributed by atoms with E-state index in [2.05, 4.69) is 17.4 Å². The largest absolute Gasteiger partial charge is 0.341 e. The Bertz CT molecular complexity index is 358. The van der Waals surface area contributed by atoms with Crippen LogP contribution in [0.5, 0.6) is 0 Å². The fourth-order valence-electron chi connectivity index (χ4n) is 2.24. The van der Waals surface area contributed by atoms with E-state index in [1.807, 2.05) is 30.1 Å². The van der Waals surface area contributed by atoms with Crippen molar-refractivity contribution in [3.05, 3.63) is 35.9 Å². The lowest BCUT2D eigenvalue weighted by Crippen LogP contribution is -2.33. The van der Waals surface area contributed by atoms with E-state index in [0.29, 0.717) is 19.0 Å². The lowest BCUT2D eigenvalue weighted by molar-refractivity contribution is -0.130. The van der Waals surface area contributed by atoms with Gasteiger partial charge in [-0.25, -0.2) is 0 Å². The normalized spacial score (nSPS) is 19.2. The molecule has 1 aliphatic rings. The van der Waals surface area contributed by atoms with Gasteiger partial charge in [-0.05, 0) is 24.9 Å². The number of nitrogens with zero attached hydrogens (tertiary/aromatic N) is 1. The molecule has 17 heavy (non-hydrogen) atoms. The van der Waals surface area contributed by atoms with Crippen molar-refractivity contribution < 1.29 is 4.79 Å². The first-order valence-corrected chi connectivity index (χ1v) is 6.27. The quantitative estimate of drug-likeness (QED) is 0.858. The summed E-state index contributed by atoms with van der Waals surface area (Å²) < 4.78 is 0. The predicted octanol–water partition coefficient (Wildman–Crippen LogP) is 1.79. The van der Waals surface area contributed by atoms with Crippen LogP contribution in [0.1, 0.15) is 24.8 Å². The molecule has 92 valence electrons. The maximum absolute atomic E-state index is 12.0. The monoisotopic (exact) mass is 232 g/mol. The van der Waals surface area contributed by atoms with Gasteiger partial charge in [-0.15, -0.1) is 0 Å². The number of hydrogen-bond acceptors (Lipinski definition) is 2. The molecule has 1 heterocycles. The minimum absolute atomic E-state index is 0.230. The van der Waals surface area contributed by atoms with E-state index in [-0.39, 0.29) is 5.91 Å². The smallest absolute Gasteiger partial charge is 0.224 e. The molecule has 1 amide bonds. The zero-order valence-electron chi connectivity index (χ0n) is 10.4. The Morgan fingerprint density at radius 2 is 2.18 bits per heavy atom. The van der Waals surface area contributed by atoms with E-state index < -0.39 is 0 Å². The molecule has 0 bridgehead atoms. The highest BCUT2D eigenvalue weighted by Gasteiger charge is 2.19. The van der Waals surface area contributed by atoms with Gasteiger partial charge in [0.25, 0.3) is 0 Å². The summed E-state index contributed by atoms with van der Waals surface area (Å²) >= 11 is 0. The summed E-state index contributed by atoms with van der Waals surface area (Å²) in [5, 5.41) is 3.36. The van der Waals surface area contributed by atoms with Crippen molar-refractivity contribution in [2.24, 2.45) is 0 Å². The Morgan fingerprint density at radius 3 is 2.82 bits per heavy atom. The summed E-state index contributed by atoms with van der Waals surface area (Å²) in [5.74, 6) is 0.230. The minimum Gasteiger partial charge on any atom is -0.341 e. The first-order valence-electron chi connectivity index (χ1n) is 6.27. The molecule has 1 aliphatic heterocycles. The van der Waals surface area contributed by atoms with Crippen molar-refractivity contribution in [1.29, 1.82) is 0 Å². The lowest BCUT2D eigenvalue weighted by Gasteiger charge is -2.19. The zero-order chi connectivity index (χ0) is 12.1. The number of rotatable bonds is 4. The predicted molar refractivity (Wildman–Crippen MR) is 68.6 cm³/mol. The second-order valence-corrected chi connectivity index (χ2v) is 4.73. The van der Waals surface area contributed by atoms with Crippen LogP contribution in [0.15, 0.2) is 30.3 Å². The Morgan fingerprint density at radius 1 is 1.41 bits per heavy atom. The van der Waals surface area contributed by atoms with Crippen molar-refractivity contribution in [1.82, 2.24) is 10.2 Å². The summed E-state index contributed by atoms with van der Waals surface area (Å²) in [6, 6.07) is 10.5. The highest BCUT2D eigenvalue weighted by atomic mass is 16.2. The molecule has 1 aromatic carbocycles. The van der Waals surface area contributed by atoms with Crippen LogP contribution in [-0.4, -0.2) is 30.4 Å². The number of carbonyl (C=O) groups excluding carboxylic acids is 1. The maximum atomic E-state index is 12.0. The molecule has 0 spiro atoms. The van der Waals surface area contributed by atoms with Gasteiger partial charge in [0.05, 0.1) is 0 Å². The molecule has 2 rings (SSSR count). The second-order valence-electron chi connectivity index (χ2n) is 4.73. The molecule has 1 unspecified atom stereocenters. The maximum Gasteiger partial charge on any atom is 0.224 e. The fraction of sp³-hybridized carbons (Fsp3) is 0.500. The van der Waals surface area contributed by atoms with E-state index in [1.165, 1.54) is 12.0 Å². The molecule has 0 aromatic heterocycles. The van der Waals surface area contributed by atoms with Gasteiger partial charge in [0, 0.05) is 26.1 Å². The summed E-state index contributed by atoms with van der Waals surface area (Å²) in [4.78, 5) is 13.8. The molecule has 1 fully saturated rings.